The first kappa shape index (κ1) is 20.5. The highest BCUT2D eigenvalue weighted by Gasteiger charge is 2.30. The number of anilines is 1. The molecule has 0 spiro atoms. The fourth-order valence-corrected chi connectivity index (χ4v) is 3.89. The van der Waals surface area contributed by atoms with Crippen LogP contribution < -0.4 is 5.32 Å². The van der Waals surface area contributed by atoms with Gasteiger partial charge in [-0.05, 0) is 42.7 Å². The second-order valence-electron chi connectivity index (χ2n) is 7.55. The molecule has 0 radical (unpaired) electrons. The van der Waals surface area contributed by atoms with E-state index in [1.807, 2.05) is 42.5 Å². The number of piperazine rings is 1. The van der Waals surface area contributed by atoms with Crippen molar-refractivity contribution in [3.05, 3.63) is 65.2 Å². The van der Waals surface area contributed by atoms with Crippen LogP contribution >= 0.6 is 0 Å². The summed E-state index contributed by atoms with van der Waals surface area (Å²) in [5, 5.41) is 3.15. The van der Waals surface area contributed by atoms with Gasteiger partial charge in [-0.2, -0.15) is 0 Å². The monoisotopic (exact) mass is 381 g/mol. The van der Waals surface area contributed by atoms with E-state index in [9.17, 15) is 4.79 Å². The Morgan fingerprint density at radius 1 is 1.04 bits per heavy atom. The van der Waals surface area contributed by atoms with Crippen molar-refractivity contribution in [3.8, 4) is 0 Å². The number of ether oxygens (including phenoxy) is 1. The molecule has 0 aliphatic carbocycles. The average Bonchev–Trinajstić information content (AvgIpc) is 2.67. The second kappa shape index (κ2) is 9.82. The number of carbonyl (C=O) groups excluding carboxylic acids is 1. The summed E-state index contributed by atoms with van der Waals surface area (Å²) >= 11 is 0. The number of carbonyl (C=O) groups is 1. The van der Waals surface area contributed by atoms with Crippen LogP contribution in [0.3, 0.4) is 0 Å². The first-order valence-electron chi connectivity index (χ1n) is 9.96. The minimum absolute atomic E-state index is 0.0292. The third-order valence-corrected chi connectivity index (χ3v) is 5.24. The summed E-state index contributed by atoms with van der Waals surface area (Å²) in [5.74, 6) is 0.0292. The molecule has 5 nitrogen and oxygen atoms in total. The van der Waals surface area contributed by atoms with E-state index in [0.29, 0.717) is 0 Å². The lowest BCUT2D eigenvalue weighted by molar-refractivity contribution is -0.122. The van der Waals surface area contributed by atoms with Crippen LogP contribution in [0.4, 0.5) is 5.69 Å². The lowest BCUT2D eigenvalue weighted by atomic mass is 10.0. The summed E-state index contributed by atoms with van der Waals surface area (Å²) in [5.41, 5.74) is 4.20. The molecule has 3 rings (SSSR count). The van der Waals surface area contributed by atoms with E-state index in [1.54, 1.807) is 7.11 Å². The molecule has 0 saturated carbocycles. The molecule has 1 atom stereocenters. The van der Waals surface area contributed by atoms with E-state index >= 15 is 0 Å². The molecule has 28 heavy (non-hydrogen) atoms. The van der Waals surface area contributed by atoms with E-state index in [-0.39, 0.29) is 11.9 Å². The molecule has 1 aliphatic heterocycles. The topological polar surface area (TPSA) is 44.8 Å². The quantitative estimate of drug-likeness (QED) is 0.800. The summed E-state index contributed by atoms with van der Waals surface area (Å²) in [6, 6.07) is 16.0. The van der Waals surface area contributed by atoms with Crippen LogP contribution in [-0.4, -0.2) is 62.1 Å². The number of rotatable bonds is 7. The van der Waals surface area contributed by atoms with Gasteiger partial charge < -0.3 is 10.1 Å². The molecule has 0 bridgehead atoms. The molecule has 2 aromatic rings. The van der Waals surface area contributed by atoms with Gasteiger partial charge in [-0.3, -0.25) is 14.6 Å². The van der Waals surface area contributed by atoms with Gasteiger partial charge in [0.25, 0.3) is 0 Å². The third-order valence-electron chi connectivity index (χ3n) is 5.24. The van der Waals surface area contributed by atoms with Gasteiger partial charge in [0.05, 0.1) is 6.61 Å². The summed E-state index contributed by atoms with van der Waals surface area (Å²) in [6.07, 6.45) is 0. The molecule has 1 N–H and O–H groups in total. The molecule has 2 aromatic carbocycles. The van der Waals surface area contributed by atoms with E-state index in [4.69, 9.17) is 4.74 Å². The smallest absolute Gasteiger partial charge is 0.246 e. The Kier molecular flexibility index (Phi) is 7.20. The number of hydrogen-bond acceptors (Lipinski definition) is 4. The Morgan fingerprint density at radius 2 is 1.68 bits per heavy atom. The molecule has 5 heteroatoms. The predicted molar refractivity (Wildman–Crippen MR) is 114 cm³/mol. The molecule has 1 heterocycles. The number of hydrogen-bond donors (Lipinski definition) is 1. The number of aryl methyl sites for hydroxylation is 2. The highest BCUT2D eigenvalue weighted by molar-refractivity contribution is 5.95. The fraction of sp³-hybridized carbons (Fsp3) is 0.435. The van der Waals surface area contributed by atoms with Gasteiger partial charge in [0, 0.05) is 45.5 Å². The zero-order valence-electron chi connectivity index (χ0n) is 17.1. The largest absolute Gasteiger partial charge is 0.383 e. The molecule has 1 saturated heterocycles. The minimum atomic E-state index is -0.286. The molecule has 1 amide bonds. The van der Waals surface area contributed by atoms with Crippen molar-refractivity contribution in [2.75, 3.05) is 51.8 Å². The molecule has 0 aromatic heterocycles. The van der Waals surface area contributed by atoms with Crippen molar-refractivity contribution in [2.24, 2.45) is 0 Å². The Balaban J connectivity index is 1.75. The van der Waals surface area contributed by atoms with E-state index in [0.717, 1.165) is 61.7 Å². The van der Waals surface area contributed by atoms with Gasteiger partial charge in [-0.1, -0.05) is 36.4 Å². The summed E-state index contributed by atoms with van der Waals surface area (Å²) in [6.45, 7) is 9.41. The lowest BCUT2D eigenvalue weighted by Gasteiger charge is -2.38. The van der Waals surface area contributed by atoms with Crippen molar-refractivity contribution >= 4 is 11.6 Å². The predicted octanol–water partition coefficient (Wildman–Crippen LogP) is 3.25. The highest BCUT2D eigenvalue weighted by Crippen LogP contribution is 2.25. The van der Waals surface area contributed by atoms with Crippen molar-refractivity contribution in [2.45, 2.75) is 19.9 Å². The second-order valence-corrected chi connectivity index (χ2v) is 7.55. The van der Waals surface area contributed by atoms with Gasteiger partial charge >= 0.3 is 0 Å². The van der Waals surface area contributed by atoms with E-state index < -0.39 is 0 Å². The number of benzene rings is 2. The van der Waals surface area contributed by atoms with Gasteiger partial charge in [0.15, 0.2) is 0 Å². The van der Waals surface area contributed by atoms with Crippen LogP contribution in [0.25, 0.3) is 0 Å². The van der Waals surface area contributed by atoms with E-state index in [2.05, 4.69) is 35.0 Å². The Labute approximate surface area is 168 Å². The fourth-order valence-electron chi connectivity index (χ4n) is 3.89. The molecule has 150 valence electrons. The first-order valence-corrected chi connectivity index (χ1v) is 9.96. The number of amides is 1. The van der Waals surface area contributed by atoms with Crippen LogP contribution in [0.15, 0.2) is 48.5 Å². The van der Waals surface area contributed by atoms with Crippen molar-refractivity contribution in [3.63, 3.8) is 0 Å². The molecule has 1 unspecified atom stereocenters. The number of nitrogens with zero attached hydrogens (tertiary/aromatic N) is 2. The number of nitrogens with one attached hydrogen (secondary N) is 1. The molecular formula is C23H31N3O2. The first-order chi connectivity index (χ1) is 13.6. The van der Waals surface area contributed by atoms with Crippen LogP contribution in [0.2, 0.25) is 0 Å². The summed E-state index contributed by atoms with van der Waals surface area (Å²) in [4.78, 5) is 18.0. The van der Waals surface area contributed by atoms with Crippen LogP contribution in [0, 0.1) is 13.8 Å². The van der Waals surface area contributed by atoms with Gasteiger partial charge in [0.1, 0.15) is 6.04 Å². The van der Waals surface area contributed by atoms with Crippen molar-refractivity contribution in [1.29, 1.82) is 0 Å². The maximum Gasteiger partial charge on any atom is 0.246 e. The zero-order valence-corrected chi connectivity index (χ0v) is 17.1. The van der Waals surface area contributed by atoms with Crippen LogP contribution in [0.1, 0.15) is 22.7 Å². The Hall–Kier alpha value is -2.21. The summed E-state index contributed by atoms with van der Waals surface area (Å²) < 4.78 is 5.19. The van der Waals surface area contributed by atoms with Gasteiger partial charge in [-0.25, -0.2) is 0 Å². The average molecular weight is 382 g/mol. The third kappa shape index (κ3) is 5.41. The maximum atomic E-state index is 13.3. The Morgan fingerprint density at radius 3 is 2.29 bits per heavy atom. The minimum Gasteiger partial charge on any atom is -0.383 e. The van der Waals surface area contributed by atoms with Crippen LogP contribution in [-0.2, 0) is 9.53 Å². The van der Waals surface area contributed by atoms with Crippen molar-refractivity contribution < 1.29 is 9.53 Å². The molecular weight excluding hydrogens is 350 g/mol. The SMILES string of the molecule is COCCN1CCN(C(C(=O)Nc2cc(C)cc(C)c2)c2ccccc2)CC1. The number of methoxy groups -OCH3 is 1. The zero-order chi connectivity index (χ0) is 19.9. The van der Waals surface area contributed by atoms with Crippen molar-refractivity contribution in [1.82, 2.24) is 9.80 Å². The highest BCUT2D eigenvalue weighted by atomic mass is 16.5. The normalized spacial score (nSPS) is 16.7. The van der Waals surface area contributed by atoms with Crippen LogP contribution in [0.5, 0.6) is 0 Å². The van der Waals surface area contributed by atoms with Gasteiger partial charge in [-0.15, -0.1) is 0 Å². The van der Waals surface area contributed by atoms with E-state index in [1.165, 1.54) is 0 Å². The molecule has 1 aliphatic rings. The molecule has 1 fully saturated rings. The standard InChI is InChI=1S/C23H31N3O2/c1-18-15-19(2)17-21(16-18)24-23(27)22(20-7-5-4-6-8-20)26-11-9-25(10-12-26)13-14-28-3/h4-8,15-17,22H,9-14H2,1-3H3,(H,24,27). The van der Waals surface area contributed by atoms with Gasteiger partial charge in [0.2, 0.25) is 5.91 Å². The summed E-state index contributed by atoms with van der Waals surface area (Å²) in [7, 11) is 1.74. The Bertz CT molecular complexity index is 750. The maximum absolute atomic E-state index is 13.3. The lowest BCUT2D eigenvalue weighted by Crippen LogP contribution is -2.50.